The first-order chi connectivity index (χ1) is 11.9. The fraction of sp³-hybridized carbons (Fsp3) is 0.200. The van der Waals surface area contributed by atoms with E-state index < -0.39 is 0 Å². The molecule has 0 amide bonds. The molecule has 0 radical (unpaired) electrons. The smallest absolute Gasteiger partial charge is 0.135 e. The lowest BCUT2D eigenvalue weighted by Gasteiger charge is -2.10. The fourth-order valence-electron chi connectivity index (χ4n) is 3.00. The van der Waals surface area contributed by atoms with Crippen LogP contribution in [0, 0.1) is 0 Å². The highest BCUT2D eigenvalue weighted by atomic mass is 32.1. The maximum Gasteiger partial charge on any atom is 0.135 e. The first kappa shape index (κ1) is 15.4. The maximum absolute atomic E-state index is 6.20. The van der Waals surface area contributed by atoms with E-state index in [4.69, 9.17) is 9.47 Å². The summed E-state index contributed by atoms with van der Waals surface area (Å²) < 4.78 is 12.0. The Bertz CT molecular complexity index is 856. The lowest BCUT2D eigenvalue weighted by atomic mass is 9.97. The van der Waals surface area contributed by atoms with Gasteiger partial charge in [0.1, 0.15) is 11.5 Å². The Kier molecular flexibility index (Phi) is 4.34. The van der Waals surface area contributed by atoms with Crippen LogP contribution in [0.3, 0.4) is 0 Å². The van der Waals surface area contributed by atoms with Crippen molar-refractivity contribution < 1.29 is 9.47 Å². The summed E-state index contributed by atoms with van der Waals surface area (Å²) in [5.74, 6) is 1.81. The fourth-order valence-corrected chi connectivity index (χ4v) is 3.99. The predicted molar refractivity (Wildman–Crippen MR) is 98.8 cm³/mol. The van der Waals surface area contributed by atoms with Crippen molar-refractivity contribution in [3.05, 3.63) is 58.8 Å². The Morgan fingerprint density at radius 2 is 1.67 bits per heavy atom. The molecule has 24 heavy (non-hydrogen) atoms. The largest absolute Gasteiger partial charge is 0.456 e. The number of hydrogen-bond acceptors (Lipinski definition) is 4. The highest BCUT2D eigenvalue weighted by Gasteiger charge is 2.24. The van der Waals surface area contributed by atoms with Crippen molar-refractivity contribution in [2.45, 2.75) is 6.61 Å². The molecule has 0 atom stereocenters. The molecule has 1 aromatic heterocycles. The molecule has 0 saturated heterocycles. The third kappa shape index (κ3) is 2.73. The van der Waals surface area contributed by atoms with Crippen LogP contribution in [-0.4, -0.2) is 20.2 Å². The number of rotatable bonds is 5. The zero-order chi connectivity index (χ0) is 16.4. The lowest BCUT2D eigenvalue weighted by molar-refractivity contribution is 0.126. The summed E-state index contributed by atoms with van der Waals surface area (Å²) in [6.07, 6.45) is 0. The summed E-state index contributed by atoms with van der Waals surface area (Å²) in [5, 5.41) is 5.33. The highest BCUT2D eigenvalue weighted by Crippen LogP contribution is 2.49. The molecular formula is C20H19NO2S. The van der Waals surface area contributed by atoms with Gasteiger partial charge in [0.15, 0.2) is 0 Å². The van der Waals surface area contributed by atoms with Crippen molar-refractivity contribution in [3.8, 4) is 33.8 Å². The normalized spacial score (nSPS) is 11.9. The van der Waals surface area contributed by atoms with Gasteiger partial charge >= 0.3 is 0 Å². The van der Waals surface area contributed by atoms with Gasteiger partial charge in [-0.05, 0) is 24.6 Å². The summed E-state index contributed by atoms with van der Waals surface area (Å²) in [7, 11) is 1.94. The second kappa shape index (κ2) is 6.77. The highest BCUT2D eigenvalue weighted by molar-refractivity contribution is 7.11. The minimum Gasteiger partial charge on any atom is -0.456 e. The molecule has 2 aromatic carbocycles. The third-order valence-corrected chi connectivity index (χ3v) is 5.11. The van der Waals surface area contributed by atoms with Crippen molar-refractivity contribution in [1.82, 2.24) is 5.32 Å². The molecule has 4 heteroatoms. The van der Waals surface area contributed by atoms with Gasteiger partial charge in [0.2, 0.25) is 0 Å². The van der Waals surface area contributed by atoms with Crippen LogP contribution in [-0.2, 0) is 11.3 Å². The molecule has 0 unspecified atom stereocenters. The van der Waals surface area contributed by atoms with Gasteiger partial charge in [0.05, 0.1) is 13.2 Å². The first-order valence-electron chi connectivity index (χ1n) is 8.08. The predicted octanol–water partition coefficient (Wildman–Crippen LogP) is 4.92. The molecule has 0 bridgehead atoms. The van der Waals surface area contributed by atoms with E-state index in [0.717, 1.165) is 29.2 Å². The molecular weight excluding hydrogens is 318 g/mol. The lowest BCUT2D eigenvalue weighted by Crippen LogP contribution is -2.13. The number of ether oxygens (including phenoxy) is 2. The Labute approximate surface area is 145 Å². The van der Waals surface area contributed by atoms with Crippen molar-refractivity contribution in [1.29, 1.82) is 0 Å². The molecule has 0 spiro atoms. The second-order valence-corrected chi connectivity index (χ2v) is 6.66. The van der Waals surface area contributed by atoms with E-state index in [2.05, 4.69) is 35.0 Å². The average molecular weight is 337 g/mol. The van der Waals surface area contributed by atoms with Gasteiger partial charge in [0.25, 0.3) is 0 Å². The minimum absolute atomic E-state index is 0.623. The zero-order valence-electron chi connectivity index (χ0n) is 13.5. The van der Waals surface area contributed by atoms with Gasteiger partial charge in [-0.2, -0.15) is 0 Å². The molecule has 1 aliphatic heterocycles. The van der Waals surface area contributed by atoms with Crippen LogP contribution in [0.2, 0.25) is 0 Å². The van der Waals surface area contributed by atoms with Gasteiger partial charge in [0, 0.05) is 33.7 Å². The topological polar surface area (TPSA) is 30.5 Å². The standard InChI is InChI=1S/C20H19NO2S/c1-21-10-11-22-12-19-20-15-7-3-5-9-18(15)23-17-8-4-2-6-14(17)16(20)13-24-19/h2-9,13,21H,10-12H2,1H3. The van der Waals surface area contributed by atoms with E-state index in [1.165, 1.54) is 16.0 Å². The number of para-hydroxylation sites is 2. The summed E-state index contributed by atoms with van der Waals surface area (Å²) in [6.45, 7) is 2.19. The summed E-state index contributed by atoms with van der Waals surface area (Å²) in [4.78, 5) is 1.24. The number of likely N-dealkylation sites (N-methyl/N-ethyl adjacent to an activating group) is 1. The summed E-state index contributed by atoms with van der Waals surface area (Å²) in [6, 6.07) is 16.5. The number of benzene rings is 2. The maximum atomic E-state index is 6.20. The van der Waals surface area contributed by atoms with Crippen LogP contribution in [0.1, 0.15) is 4.88 Å². The molecule has 122 valence electrons. The molecule has 1 aliphatic rings. The van der Waals surface area contributed by atoms with Gasteiger partial charge in [-0.3, -0.25) is 0 Å². The van der Waals surface area contributed by atoms with Gasteiger partial charge in [-0.25, -0.2) is 0 Å². The van der Waals surface area contributed by atoms with E-state index in [-0.39, 0.29) is 0 Å². The van der Waals surface area contributed by atoms with Crippen LogP contribution in [0.15, 0.2) is 53.9 Å². The zero-order valence-corrected chi connectivity index (χ0v) is 14.4. The Balaban J connectivity index is 1.81. The molecule has 4 rings (SSSR count). The van der Waals surface area contributed by atoms with Crippen LogP contribution in [0.5, 0.6) is 11.5 Å². The average Bonchev–Trinajstić information content (AvgIpc) is 2.97. The molecule has 1 N–H and O–H groups in total. The van der Waals surface area contributed by atoms with Crippen LogP contribution < -0.4 is 10.1 Å². The molecule has 0 fully saturated rings. The third-order valence-electron chi connectivity index (χ3n) is 4.15. The van der Waals surface area contributed by atoms with Gasteiger partial charge < -0.3 is 14.8 Å². The molecule has 0 saturated carbocycles. The van der Waals surface area contributed by atoms with Crippen LogP contribution >= 0.6 is 11.3 Å². The molecule has 3 nitrogen and oxygen atoms in total. The summed E-state index contributed by atoms with van der Waals surface area (Å²) in [5.41, 5.74) is 4.75. The number of hydrogen-bond donors (Lipinski definition) is 1. The van der Waals surface area contributed by atoms with Crippen molar-refractivity contribution >= 4 is 11.3 Å². The SMILES string of the molecule is CNCCOCc1scc2c1-c1ccccc1Oc1ccccc1-2. The van der Waals surface area contributed by atoms with Crippen LogP contribution in [0.4, 0.5) is 0 Å². The Hall–Kier alpha value is -2.14. The number of thiophene rings is 1. The Morgan fingerprint density at radius 3 is 2.46 bits per heavy atom. The van der Waals surface area contributed by atoms with E-state index in [1.807, 2.05) is 31.3 Å². The summed E-state index contributed by atoms with van der Waals surface area (Å²) >= 11 is 1.76. The molecule has 2 heterocycles. The molecule has 0 aliphatic carbocycles. The number of nitrogens with one attached hydrogen (secondary N) is 1. The van der Waals surface area contributed by atoms with Crippen molar-refractivity contribution in [3.63, 3.8) is 0 Å². The van der Waals surface area contributed by atoms with Crippen LogP contribution in [0.25, 0.3) is 22.3 Å². The van der Waals surface area contributed by atoms with Gasteiger partial charge in [-0.1, -0.05) is 36.4 Å². The monoisotopic (exact) mass is 337 g/mol. The van der Waals surface area contributed by atoms with E-state index >= 15 is 0 Å². The van der Waals surface area contributed by atoms with E-state index in [1.54, 1.807) is 11.3 Å². The second-order valence-electron chi connectivity index (χ2n) is 5.70. The minimum atomic E-state index is 0.623. The quantitative estimate of drug-likeness (QED) is 0.524. The molecule has 3 aromatic rings. The number of fused-ring (bicyclic) bond motifs is 5. The van der Waals surface area contributed by atoms with Crippen molar-refractivity contribution in [2.24, 2.45) is 0 Å². The van der Waals surface area contributed by atoms with E-state index in [9.17, 15) is 0 Å². The van der Waals surface area contributed by atoms with Crippen molar-refractivity contribution in [2.75, 3.05) is 20.2 Å². The first-order valence-corrected chi connectivity index (χ1v) is 8.96. The van der Waals surface area contributed by atoms with E-state index in [0.29, 0.717) is 13.2 Å². The van der Waals surface area contributed by atoms with Gasteiger partial charge in [-0.15, -0.1) is 11.3 Å². The Morgan fingerprint density at radius 1 is 0.958 bits per heavy atom.